The smallest absolute Gasteiger partial charge is 0.139 e. The van der Waals surface area contributed by atoms with Gasteiger partial charge in [0.25, 0.3) is 0 Å². The number of Topliss-reactive ketones (excluding diaryl/α,β-unsaturated/α-hetero) is 1. The van der Waals surface area contributed by atoms with E-state index in [9.17, 15) is 4.79 Å². The second-order valence-corrected chi connectivity index (χ2v) is 10.1. The number of hydrogen-bond donors (Lipinski definition) is 0. The minimum atomic E-state index is 0.0307. The highest BCUT2D eigenvalue weighted by molar-refractivity contribution is 5.86. The summed E-state index contributed by atoms with van der Waals surface area (Å²) in [4.78, 5) is 12.6. The topological polar surface area (TPSA) is 17.1 Å². The van der Waals surface area contributed by atoms with E-state index in [0.29, 0.717) is 27.9 Å². The Morgan fingerprint density at radius 1 is 0.952 bits per heavy atom. The fourth-order valence-corrected chi connectivity index (χ4v) is 7.75. The van der Waals surface area contributed by atoms with Crippen LogP contribution in [0.3, 0.4) is 0 Å². The fourth-order valence-electron chi connectivity index (χ4n) is 7.75. The van der Waals surface area contributed by atoms with Gasteiger partial charge in [-0.15, -0.1) is 0 Å². The summed E-state index contributed by atoms with van der Waals surface area (Å²) in [5.41, 5.74) is 1.53. The fraction of sp³-hybridized carbons (Fsp3) is 0.950. The van der Waals surface area contributed by atoms with E-state index >= 15 is 0 Å². The van der Waals surface area contributed by atoms with Crippen LogP contribution in [0.25, 0.3) is 0 Å². The van der Waals surface area contributed by atoms with Gasteiger partial charge in [-0.1, -0.05) is 34.1 Å². The first-order valence-corrected chi connectivity index (χ1v) is 9.27. The van der Waals surface area contributed by atoms with Gasteiger partial charge < -0.3 is 0 Å². The molecule has 4 saturated carbocycles. The highest BCUT2D eigenvalue weighted by Crippen LogP contribution is 2.75. The standard InChI is InChI=1S/C20H32O/c1-17(2)8-5-9-19(4)15(17)7-6-14-12-16(21)18(3)10-11-20(14,19)13-18/h14-15H,5-13H2,1-4H3/t14-,15-,18-,19-,20-/m0/s1. The van der Waals surface area contributed by atoms with E-state index in [4.69, 9.17) is 0 Å². The predicted octanol–water partition coefficient (Wildman–Crippen LogP) is 5.38. The molecule has 0 aliphatic heterocycles. The molecule has 1 nitrogen and oxygen atoms in total. The van der Waals surface area contributed by atoms with Crippen molar-refractivity contribution in [3.05, 3.63) is 0 Å². The van der Waals surface area contributed by atoms with Crippen LogP contribution in [0.15, 0.2) is 0 Å². The SMILES string of the molecule is CC1(C)CCC[C@@]2(C)[C@H]1CC[C@H]1CC(=O)[C@@]3(C)CC[C@]12C3. The highest BCUT2D eigenvalue weighted by atomic mass is 16.1. The molecule has 0 unspecified atom stereocenters. The number of ketones is 1. The number of carbonyl (C=O) groups is 1. The van der Waals surface area contributed by atoms with E-state index in [1.54, 1.807) is 0 Å². The van der Waals surface area contributed by atoms with Gasteiger partial charge in [-0.2, -0.15) is 0 Å². The third kappa shape index (κ3) is 1.56. The summed E-state index contributed by atoms with van der Waals surface area (Å²) in [6.07, 6.45) is 11.6. The van der Waals surface area contributed by atoms with Crippen LogP contribution in [0.5, 0.6) is 0 Å². The molecule has 0 amide bonds. The van der Waals surface area contributed by atoms with E-state index in [2.05, 4.69) is 27.7 Å². The van der Waals surface area contributed by atoms with E-state index in [1.165, 1.54) is 51.4 Å². The summed E-state index contributed by atoms with van der Waals surface area (Å²) in [6.45, 7) is 9.95. The van der Waals surface area contributed by atoms with Crippen LogP contribution in [0.1, 0.15) is 85.5 Å². The molecule has 0 N–H and O–H groups in total. The summed E-state index contributed by atoms with van der Waals surface area (Å²) in [7, 11) is 0. The second-order valence-electron chi connectivity index (χ2n) is 10.1. The average molecular weight is 288 g/mol. The van der Waals surface area contributed by atoms with Crippen LogP contribution < -0.4 is 0 Å². The zero-order valence-corrected chi connectivity index (χ0v) is 14.4. The molecule has 0 heterocycles. The quantitative estimate of drug-likeness (QED) is 0.585. The lowest BCUT2D eigenvalue weighted by atomic mass is 9.38. The van der Waals surface area contributed by atoms with Crippen molar-refractivity contribution in [2.45, 2.75) is 85.5 Å². The van der Waals surface area contributed by atoms with E-state index in [0.717, 1.165) is 12.3 Å². The number of carbonyl (C=O) groups excluding carboxylic acids is 1. The minimum Gasteiger partial charge on any atom is -0.299 e. The Balaban J connectivity index is 1.81. The van der Waals surface area contributed by atoms with Crippen LogP contribution in [-0.2, 0) is 4.79 Å². The highest BCUT2D eigenvalue weighted by Gasteiger charge is 2.68. The van der Waals surface area contributed by atoms with E-state index < -0.39 is 0 Å². The third-order valence-corrected chi connectivity index (χ3v) is 8.89. The summed E-state index contributed by atoms with van der Waals surface area (Å²) in [6, 6.07) is 0. The van der Waals surface area contributed by atoms with Gasteiger partial charge in [0.1, 0.15) is 5.78 Å². The summed E-state index contributed by atoms with van der Waals surface area (Å²) in [5, 5.41) is 0. The molecule has 0 saturated heterocycles. The average Bonchev–Trinajstić information content (AvgIpc) is 2.70. The maximum absolute atomic E-state index is 12.6. The molecule has 5 atom stereocenters. The molecule has 1 spiro atoms. The van der Waals surface area contributed by atoms with E-state index in [-0.39, 0.29) is 5.41 Å². The molecule has 1 heteroatoms. The molecule has 0 radical (unpaired) electrons. The maximum atomic E-state index is 12.6. The summed E-state index contributed by atoms with van der Waals surface area (Å²) < 4.78 is 0. The molecule has 0 aromatic heterocycles. The Morgan fingerprint density at radius 2 is 1.71 bits per heavy atom. The van der Waals surface area contributed by atoms with Gasteiger partial charge in [0.15, 0.2) is 0 Å². The molecule has 2 bridgehead atoms. The Hall–Kier alpha value is -0.330. The molecule has 118 valence electrons. The van der Waals surface area contributed by atoms with Gasteiger partial charge in [-0.3, -0.25) is 4.79 Å². The molecule has 21 heavy (non-hydrogen) atoms. The van der Waals surface area contributed by atoms with Gasteiger partial charge in [0.2, 0.25) is 0 Å². The lowest BCUT2D eigenvalue weighted by molar-refractivity contribution is -0.177. The van der Waals surface area contributed by atoms with Crippen LogP contribution >= 0.6 is 0 Å². The molecule has 4 fully saturated rings. The minimum absolute atomic E-state index is 0.0307. The molecule has 4 rings (SSSR count). The van der Waals surface area contributed by atoms with Crippen LogP contribution in [0.2, 0.25) is 0 Å². The monoisotopic (exact) mass is 288 g/mol. The summed E-state index contributed by atoms with van der Waals surface area (Å²) >= 11 is 0. The Bertz CT molecular complexity index is 492. The molecule has 4 aliphatic carbocycles. The van der Waals surface area contributed by atoms with Crippen molar-refractivity contribution in [1.82, 2.24) is 0 Å². The van der Waals surface area contributed by atoms with Crippen molar-refractivity contribution in [3.63, 3.8) is 0 Å². The molecule has 4 aliphatic rings. The van der Waals surface area contributed by atoms with Gasteiger partial charge in [0.05, 0.1) is 0 Å². The normalized spacial score (nSPS) is 55.0. The molecular weight excluding hydrogens is 256 g/mol. The molecular formula is C20H32O. The van der Waals surface area contributed by atoms with Crippen LogP contribution in [0, 0.1) is 33.5 Å². The van der Waals surface area contributed by atoms with Crippen molar-refractivity contribution in [1.29, 1.82) is 0 Å². The van der Waals surface area contributed by atoms with Crippen LogP contribution in [-0.4, -0.2) is 5.78 Å². The van der Waals surface area contributed by atoms with Gasteiger partial charge in [0, 0.05) is 11.8 Å². The number of rotatable bonds is 0. The zero-order valence-electron chi connectivity index (χ0n) is 14.4. The Labute approximate surface area is 130 Å². The number of fused-ring (bicyclic) bond motifs is 2. The Kier molecular flexibility index (Phi) is 2.68. The van der Waals surface area contributed by atoms with Crippen molar-refractivity contribution >= 4 is 5.78 Å². The van der Waals surface area contributed by atoms with Crippen molar-refractivity contribution in [2.75, 3.05) is 0 Å². The van der Waals surface area contributed by atoms with Crippen molar-refractivity contribution < 1.29 is 4.79 Å². The van der Waals surface area contributed by atoms with Crippen molar-refractivity contribution in [3.8, 4) is 0 Å². The molecule has 0 aromatic carbocycles. The summed E-state index contributed by atoms with van der Waals surface area (Å²) in [5.74, 6) is 2.18. The zero-order chi connectivity index (χ0) is 15.1. The van der Waals surface area contributed by atoms with Gasteiger partial charge in [-0.05, 0) is 73.0 Å². The van der Waals surface area contributed by atoms with Crippen molar-refractivity contribution in [2.24, 2.45) is 33.5 Å². The van der Waals surface area contributed by atoms with Crippen LogP contribution in [0.4, 0.5) is 0 Å². The van der Waals surface area contributed by atoms with Gasteiger partial charge >= 0.3 is 0 Å². The lowest BCUT2D eigenvalue weighted by Gasteiger charge is -2.66. The van der Waals surface area contributed by atoms with E-state index in [1.807, 2.05) is 0 Å². The number of hydrogen-bond acceptors (Lipinski definition) is 1. The Morgan fingerprint density at radius 3 is 2.48 bits per heavy atom. The predicted molar refractivity (Wildman–Crippen MR) is 86.0 cm³/mol. The first-order chi connectivity index (χ1) is 9.74. The molecule has 0 aromatic rings. The second kappa shape index (κ2) is 3.95. The first-order valence-electron chi connectivity index (χ1n) is 9.27. The first kappa shape index (κ1) is 14.3. The lowest BCUT2D eigenvalue weighted by Crippen LogP contribution is -2.59. The maximum Gasteiger partial charge on any atom is 0.139 e. The largest absolute Gasteiger partial charge is 0.299 e. The third-order valence-electron chi connectivity index (χ3n) is 8.89. The van der Waals surface area contributed by atoms with Gasteiger partial charge in [-0.25, -0.2) is 0 Å².